The predicted octanol–water partition coefficient (Wildman–Crippen LogP) is 2.10. The van der Waals surface area contributed by atoms with Crippen LogP contribution in [0.15, 0.2) is 22.7 Å². The van der Waals surface area contributed by atoms with E-state index < -0.39 is 24.6 Å². The SMILES string of the molecule is CCc1ccc(OCC(=O)NNC(=O)C(F)(F)F)c(Br)c1. The van der Waals surface area contributed by atoms with Crippen LogP contribution in [0, 0.1) is 0 Å². The van der Waals surface area contributed by atoms with Crippen molar-refractivity contribution in [3.8, 4) is 5.75 Å². The number of hydrogen-bond acceptors (Lipinski definition) is 3. The molecule has 0 aliphatic rings. The van der Waals surface area contributed by atoms with Crippen LogP contribution in [-0.4, -0.2) is 24.6 Å². The predicted molar refractivity (Wildman–Crippen MR) is 71.4 cm³/mol. The molecule has 0 aromatic heterocycles. The summed E-state index contributed by atoms with van der Waals surface area (Å²) in [5.41, 5.74) is 3.89. The van der Waals surface area contributed by atoms with Gasteiger partial charge in [-0.1, -0.05) is 13.0 Å². The average Bonchev–Trinajstić information content (AvgIpc) is 2.42. The number of halogens is 4. The number of alkyl halides is 3. The summed E-state index contributed by atoms with van der Waals surface area (Å²) in [6, 6.07) is 5.23. The number of rotatable bonds is 4. The van der Waals surface area contributed by atoms with Gasteiger partial charge in [-0.15, -0.1) is 0 Å². The Balaban J connectivity index is 2.45. The Morgan fingerprint density at radius 1 is 1.29 bits per heavy atom. The number of amides is 2. The van der Waals surface area contributed by atoms with Gasteiger partial charge in [0.25, 0.3) is 5.91 Å². The maximum atomic E-state index is 11.9. The van der Waals surface area contributed by atoms with Gasteiger partial charge in [0.1, 0.15) is 5.75 Å². The summed E-state index contributed by atoms with van der Waals surface area (Å²) in [6.45, 7) is 1.43. The zero-order valence-corrected chi connectivity index (χ0v) is 12.5. The van der Waals surface area contributed by atoms with Gasteiger partial charge in [-0.3, -0.25) is 20.4 Å². The molecule has 9 heteroatoms. The van der Waals surface area contributed by atoms with Crippen LogP contribution in [0.5, 0.6) is 5.75 Å². The zero-order valence-electron chi connectivity index (χ0n) is 10.9. The van der Waals surface area contributed by atoms with Crippen molar-refractivity contribution in [2.75, 3.05) is 6.61 Å². The lowest BCUT2D eigenvalue weighted by Crippen LogP contribution is -2.49. The van der Waals surface area contributed by atoms with Crippen LogP contribution in [0.25, 0.3) is 0 Å². The van der Waals surface area contributed by atoms with Crippen LogP contribution in [0.4, 0.5) is 13.2 Å². The minimum Gasteiger partial charge on any atom is -0.483 e. The molecule has 0 fully saturated rings. The van der Waals surface area contributed by atoms with Crippen molar-refractivity contribution in [1.29, 1.82) is 0 Å². The first kappa shape index (κ1) is 17.3. The number of hydrazine groups is 1. The first-order chi connectivity index (χ1) is 9.74. The maximum absolute atomic E-state index is 11.9. The minimum atomic E-state index is -5.06. The fourth-order valence-electron chi connectivity index (χ4n) is 1.26. The van der Waals surface area contributed by atoms with Gasteiger partial charge < -0.3 is 4.74 Å². The van der Waals surface area contributed by atoms with E-state index in [1.165, 1.54) is 5.43 Å². The highest BCUT2D eigenvalue weighted by Crippen LogP contribution is 2.26. The molecular weight excluding hydrogens is 357 g/mol. The first-order valence-electron chi connectivity index (χ1n) is 5.81. The second kappa shape index (κ2) is 7.30. The lowest BCUT2D eigenvalue weighted by Gasteiger charge is -2.11. The van der Waals surface area contributed by atoms with E-state index in [9.17, 15) is 22.8 Å². The molecule has 5 nitrogen and oxygen atoms in total. The monoisotopic (exact) mass is 368 g/mol. The second-order valence-electron chi connectivity index (χ2n) is 3.91. The molecule has 0 aliphatic carbocycles. The van der Waals surface area contributed by atoms with Gasteiger partial charge >= 0.3 is 12.1 Å². The zero-order chi connectivity index (χ0) is 16.0. The van der Waals surface area contributed by atoms with Crippen molar-refractivity contribution < 1.29 is 27.5 Å². The highest BCUT2D eigenvalue weighted by Gasteiger charge is 2.38. The molecule has 0 spiro atoms. The fraction of sp³-hybridized carbons (Fsp3) is 0.333. The molecule has 1 aromatic rings. The summed E-state index contributed by atoms with van der Waals surface area (Å²) in [7, 11) is 0. The van der Waals surface area contributed by atoms with Crippen LogP contribution in [0.2, 0.25) is 0 Å². The van der Waals surface area contributed by atoms with Crippen molar-refractivity contribution in [3.05, 3.63) is 28.2 Å². The topological polar surface area (TPSA) is 67.4 Å². The van der Waals surface area contributed by atoms with Crippen LogP contribution < -0.4 is 15.6 Å². The van der Waals surface area contributed by atoms with Crippen LogP contribution in [0.1, 0.15) is 12.5 Å². The molecule has 0 bridgehead atoms. The van der Waals surface area contributed by atoms with Gasteiger partial charge in [-0.05, 0) is 40.0 Å². The number of benzene rings is 1. The van der Waals surface area contributed by atoms with Crippen LogP contribution in [0.3, 0.4) is 0 Å². The van der Waals surface area contributed by atoms with E-state index in [1.54, 1.807) is 23.6 Å². The summed E-state index contributed by atoms with van der Waals surface area (Å²) < 4.78 is 41.4. The summed E-state index contributed by atoms with van der Waals surface area (Å²) in [6.07, 6.45) is -4.24. The molecule has 0 heterocycles. The quantitative estimate of drug-likeness (QED) is 0.799. The van der Waals surface area contributed by atoms with E-state index in [0.717, 1.165) is 12.0 Å². The molecule has 0 aliphatic heterocycles. The lowest BCUT2D eigenvalue weighted by molar-refractivity contribution is -0.175. The third kappa shape index (κ3) is 5.62. The largest absolute Gasteiger partial charge is 0.483 e. The molecule has 0 saturated heterocycles. The maximum Gasteiger partial charge on any atom is 0.472 e. The van der Waals surface area contributed by atoms with E-state index in [4.69, 9.17) is 4.74 Å². The Morgan fingerprint density at radius 3 is 2.48 bits per heavy atom. The van der Waals surface area contributed by atoms with E-state index in [0.29, 0.717) is 10.2 Å². The average molecular weight is 369 g/mol. The Bertz CT molecular complexity index is 535. The second-order valence-corrected chi connectivity index (χ2v) is 4.76. The van der Waals surface area contributed by atoms with Gasteiger partial charge in [0, 0.05) is 0 Å². The van der Waals surface area contributed by atoms with Crippen molar-refractivity contribution in [2.45, 2.75) is 19.5 Å². The molecule has 0 atom stereocenters. The molecule has 0 saturated carbocycles. The van der Waals surface area contributed by atoms with Crippen molar-refractivity contribution in [1.82, 2.24) is 10.9 Å². The third-order valence-electron chi connectivity index (χ3n) is 2.34. The highest BCUT2D eigenvalue weighted by molar-refractivity contribution is 9.10. The van der Waals surface area contributed by atoms with Gasteiger partial charge in [0.15, 0.2) is 6.61 Å². The van der Waals surface area contributed by atoms with Gasteiger partial charge in [0.05, 0.1) is 4.47 Å². The van der Waals surface area contributed by atoms with Gasteiger partial charge in [0.2, 0.25) is 0 Å². The Kier molecular flexibility index (Phi) is 6.01. The molecule has 1 aromatic carbocycles. The minimum absolute atomic E-state index is 0.365. The fourth-order valence-corrected chi connectivity index (χ4v) is 1.80. The number of ether oxygens (including phenoxy) is 1. The van der Waals surface area contributed by atoms with Crippen molar-refractivity contribution in [3.63, 3.8) is 0 Å². The molecule has 2 amide bonds. The number of aryl methyl sites for hydroxylation is 1. The number of hydrogen-bond donors (Lipinski definition) is 2. The molecule has 0 unspecified atom stereocenters. The van der Waals surface area contributed by atoms with E-state index in [1.807, 2.05) is 6.92 Å². The number of nitrogens with one attached hydrogen (secondary N) is 2. The highest BCUT2D eigenvalue weighted by atomic mass is 79.9. The van der Waals surface area contributed by atoms with E-state index in [2.05, 4.69) is 15.9 Å². The van der Waals surface area contributed by atoms with Crippen LogP contribution >= 0.6 is 15.9 Å². The Morgan fingerprint density at radius 2 is 1.95 bits per heavy atom. The number of carbonyl (C=O) groups is 2. The Hall–Kier alpha value is -1.77. The summed E-state index contributed by atoms with van der Waals surface area (Å²) in [4.78, 5) is 21.7. The van der Waals surface area contributed by atoms with Crippen molar-refractivity contribution in [2.24, 2.45) is 0 Å². The smallest absolute Gasteiger partial charge is 0.472 e. The molecule has 1 rings (SSSR count). The molecule has 0 radical (unpaired) electrons. The summed E-state index contributed by atoms with van der Waals surface area (Å²) in [5.74, 6) is -2.81. The van der Waals surface area contributed by atoms with E-state index >= 15 is 0 Å². The molecule has 116 valence electrons. The molecule has 2 N–H and O–H groups in total. The standard InChI is InChI=1S/C12H12BrF3N2O3/c1-2-7-3-4-9(8(13)5-7)21-6-10(19)17-18-11(20)12(14,15)16/h3-5H,2,6H2,1H3,(H,17,19)(H,18,20). The van der Waals surface area contributed by atoms with Gasteiger partial charge in [-0.25, -0.2) is 0 Å². The number of carbonyl (C=O) groups excluding carboxylic acids is 2. The van der Waals surface area contributed by atoms with Crippen molar-refractivity contribution >= 4 is 27.7 Å². The van der Waals surface area contributed by atoms with Crippen LogP contribution in [-0.2, 0) is 16.0 Å². The Labute approximate surface area is 126 Å². The summed E-state index contributed by atoms with van der Waals surface area (Å²) >= 11 is 3.25. The normalized spacial score (nSPS) is 10.9. The third-order valence-corrected chi connectivity index (χ3v) is 2.96. The molecular formula is C12H12BrF3N2O3. The lowest BCUT2D eigenvalue weighted by atomic mass is 10.2. The van der Waals surface area contributed by atoms with E-state index in [-0.39, 0.29) is 0 Å². The molecule has 21 heavy (non-hydrogen) atoms. The first-order valence-corrected chi connectivity index (χ1v) is 6.60. The van der Waals surface area contributed by atoms with Gasteiger partial charge in [-0.2, -0.15) is 13.2 Å². The summed E-state index contributed by atoms with van der Waals surface area (Å²) in [5, 5.41) is 0.